The molecule has 1 saturated heterocycles. The molecular weight excluding hydrogens is 350 g/mol. The van der Waals surface area contributed by atoms with Gasteiger partial charge in [-0.25, -0.2) is 4.79 Å². The molecule has 0 aromatic carbocycles. The zero-order valence-corrected chi connectivity index (χ0v) is 16.9. The first-order valence-corrected chi connectivity index (χ1v) is 8.87. The lowest BCUT2D eigenvalue weighted by molar-refractivity contribution is -0.159. The summed E-state index contributed by atoms with van der Waals surface area (Å²) < 4.78 is 16.0. The summed E-state index contributed by atoms with van der Waals surface area (Å²) in [5.41, 5.74) is -0.280. The number of hydrogen-bond acceptors (Lipinski definition) is 6. The van der Waals surface area contributed by atoms with Gasteiger partial charge < -0.3 is 24.4 Å². The molecule has 1 unspecified atom stereocenters. The van der Waals surface area contributed by atoms with Gasteiger partial charge in [0.2, 0.25) is 5.91 Å². The smallest absolute Gasteiger partial charge is 0.408 e. The molecule has 8 nitrogen and oxygen atoms in total. The monoisotopic (exact) mass is 379 g/mol. The molecule has 1 aliphatic rings. The summed E-state index contributed by atoms with van der Waals surface area (Å²) in [5, 5.41) is 2.69. The number of rotatable bonds is 6. The van der Waals surface area contributed by atoms with Gasteiger partial charge in [0, 0.05) is 31.5 Å². The maximum Gasteiger partial charge on any atom is 0.408 e. The van der Waals surface area contributed by atoms with Gasteiger partial charge in [0.15, 0.2) is 0 Å². The first kappa shape index (κ1) is 21.0. The second-order valence-corrected chi connectivity index (χ2v) is 7.94. The van der Waals surface area contributed by atoms with E-state index in [0.29, 0.717) is 18.8 Å². The van der Waals surface area contributed by atoms with Crippen LogP contribution in [-0.2, 0) is 20.7 Å². The molecule has 1 aliphatic heterocycles. The zero-order valence-electron chi connectivity index (χ0n) is 16.9. The molecule has 1 aromatic rings. The quantitative estimate of drug-likeness (QED) is 0.810. The van der Waals surface area contributed by atoms with Crippen molar-refractivity contribution in [2.24, 2.45) is 0 Å². The number of nitrogens with zero attached hydrogens (tertiary/aromatic N) is 2. The van der Waals surface area contributed by atoms with Crippen molar-refractivity contribution in [2.75, 3.05) is 27.3 Å². The fraction of sp³-hybridized carbons (Fsp3) is 0.632. The SMILES string of the molecule is COc1ccncc1CC(NC(=O)OC(C)(C)C)C(=O)N1CC(C)(OC)C1. The molecule has 1 aromatic heterocycles. The average molecular weight is 379 g/mol. The van der Waals surface area contributed by atoms with Crippen molar-refractivity contribution in [1.82, 2.24) is 15.2 Å². The maximum atomic E-state index is 13.0. The van der Waals surface area contributed by atoms with Crippen LogP contribution in [0.25, 0.3) is 0 Å². The molecule has 0 radical (unpaired) electrons. The van der Waals surface area contributed by atoms with Gasteiger partial charge in [0.05, 0.1) is 25.8 Å². The molecule has 2 amide bonds. The summed E-state index contributed by atoms with van der Waals surface area (Å²) in [7, 11) is 3.18. The van der Waals surface area contributed by atoms with E-state index in [9.17, 15) is 9.59 Å². The molecule has 0 spiro atoms. The Morgan fingerprint density at radius 1 is 1.33 bits per heavy atom. The Morgan fingerprint density at radius 2 is 2.00 bits per heavy atom. The molecule has 150 valence electrons. The lowest BCUT2D eigenvalue weighted by Gasteiger charge is -2.47. The fourth-order valence-corrected chi connectivity index (χ4v) is 2.90. The van der Waals surface area contributed by atoms with E-state index in [0.717, 1.165) is 5.56 Å². The summed E-state index contributed by atoms with van der Waals surface area (Å²) >= 11 is 0. The number of pyridine rings is 1. The predicted molar refractivity (Wildman–Crippen MR) is 99.6 cm³/mol. The number of ether oxygens (including phenoxy) is 3. The summed E-state index contributed by atoms with van der Waals surface area (Å²) in [6, 6.07) is 0.926. The van der Waals surface area contributed by atoms with Crippen LogP contribution in [-0.4, -0.2) is 66.4 Å². The van der Waals surface area contributed by atoms with Gasteiger partial charge in [-0.05, 0) is 33.8 Å². The highest BCUT2D eigenvalue weighted by atomic mass is 16.6. The van der Waals surface area contributed by atoms with E-state index >= 15 is 0 Å². The highest BCUT2D eigenvalue weighted by Crippen LogP contribution is 2.26. The van der Waals surface area contributed by atoms with E-state index in [1.165, 1.54) is 0 Å². The van der Waals surface area contributed by atoms with Crippen LogP contribution >= 0.6 is 0 Å². The molecular formula is C19H29N3O5. The van der Waals surface area contributed by atoms with E-state index in [1.807, 2.05) is 6.92 Å². The van der Waals surface area contributed by atoms with E-state index in [1.54, 1.807) is 58.4 Å². The van der Waals surface area contributed by atoms with Crippen LogP contribution in [0.3, 0.4) is 0 Å². The molecule has 0 bridgehead atoms. The number of likely N-dealkylation sites (tertiary alicyclic amines) is 1. The molecule has 2 rings (SSSR count). The van der Waals surface area contributed by atoms with Crippen molar-refractivity contribution in [2.45, 2.75) is 51.4 Å². The first-order valence-electron chi connectivity index (χ1n) is 8.87. The summed E-state index contributed by atoms with van der Waals surface area (Å²) in [4.78, 5) is 31.0. The van der Waals surface area contributed by atoms with Crippen LogP contribution in [0.15, 0.2) is 18.5 Å². The van der Waals surface area contributed by atoms with E-state index in [4.69, 9.17) is 14.2 Å². The Kier molecular flexibility index (Phi) is 6.30. The third kappa shape index (κ3) is 5.56. The number of hydrogen-bond donors (Lipinski definition) is 1. The van der Waals surface area contributed by atoms with Gasteiger partial charge >= 0.3 is 6.09 Å². The maximum absolute atomic E-state index is 13.0. The van der Waals surface area contributed by atoms with Crippen molar-refractivity contribution >= 4 is 12.0 Å². The predicted octanol–water partition coefficient (Wildman–Crippen LogP) is 1.77. The molecule has 0 saturated carbocycles. The number of nitrogens with one attached hydrogen (secondary N) is 1. The Labute approximate surface area is 160 Å². The van der Waals surface area contributed by atoms with Crippen LogP contribution in [0, 0.1) is 0 Å². The van der Waals surface area contributed by atoms with Crippen molar-refractivity contribution in [1.29, 1.82) is 0 Å². The minimum atomic E-state index is -0.792. The Morgan fingerprint density at radius 3 is 2.56 bits per heavy atom. The lowest BCUT2D eigenvalue weighted by Crippen LogP contribution is -2.66. The minimum absolute atomic E-state index is 0.193. The van der Waals surface area contributed by atoms with Crippen molar-refractivity contribution in [3.63, 3.8) is 0 Å². The average Bonchev–Trinajstić information content (AvgIpc) is 2.56. The van der Waals surface area contributed by atoms with Gasteiger partial charge in [0.25, 0.3) is 0 Å². The zero-order chi connectivity index (χ0) is 20.2. The number of aromatic nitrogens is 1. The molecule has 0 aliphatic carbocycles. The van der Waals surface area contributed by atoms with Crippen LogP contribution in [0.1, 0.15) is 33.3 Å². The van der Waals surface area contributed by atoms with Crippen LogP contribution in [0.2, 0.25) is 0 Å². The molecule has 1 atom stereocenters. The minimum Gasteiger partial charge on any atom is -0.496 e. The number of methoxy groups -OCH3 is 2. The normalized spacial score (nSPS) is 16.9. The molecule has 2 heterocycles. The largest absolute Gasteiger partial charge is 0.496 e. The molecule has 8 heteroatoms. The lowest BCUT2D eigenvalue weighted by atomic mass is 9.94. The topological polar surface area (TPSA) is 90.0 Å². The molecule has 27 heavy (non-hydrogen) atoms. The highest BCUT2D eigenvalue weighted by molar-refractivity contribution is 5.87. The third-order valence-electron chi connectivity index (χ3n) is 4.35. The van der Waals surface area contributed by atoms with Crippen molar-refractivity contribution in [3.05, 3.63) is 24.0 Å². The summed E-state index contributed by atoms with van der Waals surface area (Å²) in [6.45, 7) is 8.20. The second kappa shape index (κ2) is 8.12. The fourth-order valence-electron chi connectivity index (χ4n) is 2.90. The summed E-state index contributed by atoms with van der Waals surface area (Å²) in [5.74, 6) is 0.417. The Hall–Kier alpha value is -2.35. The second-order valence-electron chi connectivity index (χ2n) is 7.94. The van der Waals surface area contributed by atoms with Crippen LogP contribution < -0.4 is 10.1 Å². The summed E-state index contributed by atoms with van der Waals surface area (Å²) in [6.07, 6.45) is 2.85. The Bertz CT molecular complexity index is 680. The standard InChI is InChI=1S/C19H29N3O5/c1-18(2,3)27-17(24)21-14(9-13-10-20-8-7-15(13)25-5)16(23)22-11-19(4,12-22)26-6/h7-8,10,14H,9,11-12H2,1-6H3,(H,21,24). The van der Waals surface area contributed by atoms with Gasteiger partial charge in [0.1, 0.15) is 17.4 Å². The third-order valence-corrected chi connectivity index (χ3v) is 4.35. The number of carbonyl (C=O) groups excluding carboxylic acids is 2. The van der Waals surface area contributed by atoms with Gasteiger partial charge in [-0.2, -0.15) is 0 Å². The van der Waals surface area contributed by atoms with Gasteiger partial charge in [-0.1, -0.05) is 0 Å². The van der Waals surface area contributed by atoms with E-state index in [2.05, 4.69) is 10.3 Å². The molecule has 1 fully saturated rings. The first-order chi connectivity index (χ1) is 12.6. The van der Waals surface area contributed by atoms with Crippen LogP contribution in [0.5, 0.6) is 5.75 Å². The highest BCUT2D eigenvalue weighted by Gasteiger charge is 2.43. The van der Waals surface area contributed by atoms with Gasteiger partial charge in [-0.3, -0.25) is 9.78 Å². The molecule has 1 N–H and O–H groups in total. The number of carbonyl (C=O) groups is 2. The van der Waals surface area contributed by atoms with Gasteiger partial charge in [-0.15, -0.1) is 0 Å². The van der Waals surface area contributed by atoms with Crippen molar-refractivity contribution in [3.8, 4) is 5.75 Å². The van der Waals surface area contributed by atoms with Crippen LogP contribution in [0.4, 0.5) is 4.79 Å². The Balaban J connectivity index is 2.15. The van der Waals surface area contributed by atoms with E-state index < -0.39 is 17.7 Å². The number of alkyl carbamates (subject to hydrolysis) is 1. The van der Waals surface area contributed by atoms with Crippen molar-refractivity contribution < 1.29 is 23.8 Å². The van der Waals surface area contributed by atoms with E-state index in [-0.39, 0.29) is 17.9 Å². The number of amides is 2.